The van der Waals surface area contributed by atoms with Crippen LogP contribution in [-0.2, 0) is 4.79 Å². The summed E-state index contributed by atoms with van der Waals surface area (Å²) in [4.78, 5) is 23.4. The predicted octanol–water partition coefficient (Wildman–Crippen LogP) is 2.05. The van der Waals surface area contributed by atoms with E-state index in [2.05, 4.69) is 16.7 Å². The van der Waals surface area contributed by atoms with Gasteiger partial charge in [-0.3, -0.25) is 9.59 Å². The van der Waals surface area contributed by atoms with Crippen molar-refractivity contribution in [1.82, 2.24) is 10.6 Å². The molecule has 2 N–H and O–H groups in total. The minimum atomic E-state index is -0.0560. The summed E-state index contributed by atoms with van der Waals surface area (Å²) in [6, 6.07) is 1.83. The lowest BCUT2D eigenvalue weighted by Crippen LogP contribution is -2.46. The molecule has 0 spiro atoms. The maximum Gasteiger partial charge on any atom is 0.252 e. The standard InChI is InChI=1S/C14H16N2O2S/c17-12-3-6-14(5-1-2-11(14)16-12)9-15-13(18)10-4-7-19-8-10/h2,4,7-8H,1,3,5-6,9H2,(H,15,18)(H,16,17). The topological polar surface area (TPSA) is 58.2 Å². The number of nitrogens with one attached hydrogen (secondary N) is 2. The lowest BCUT2D eigenvalue weighted by molar-refractivity contribution is -0.122. The van der Waals surface area contributed by atoms with E-state index in [-0.39, 0.29) is 17.2 Å². The van der Waals surface area contributed by atoms with Crippen LogP contribution in [0, 0.1) is 5.41 Å². The van der Waals surface area contributed by atoms with Crippen LogP contribution < -0.4 is 10.6 Å². The third-order valence-corrected chi connectivity index (χ3v) is 4.70. The lowest BCUT2D eigenvalue weighted by Gasteiger charge is -2.36. The van der Waals surface area contributed by atoms with Gasteiger partial charge in [-0.25, -0.2) is 0 Å². The van der Waals surface area contributed by atoms with Gasteiger partial charge in [0.05, 0.1) is 0 Å². The summed E-state index contributed by atoms with van der Waals surface area (Å²) in [7, 11) is 0. The quantitative estimate of drug-likeness (QED) is 0.887. The van der Waals surface area contributed by atoms with Gasteiger partial charge in [0.25, 0.3) is 5.91 Å². The van der Waals surface area contributed by atoms with Crippen molar-refractivity contribution in [1.29, 1.82) is 0 Å². The second-order valence-electron chi connectivity index (χ2n) is 5.18. The van der Waals surface area contributed by atoms with Crippen LogP contribution in [0.2, 0.25) is 0 Å². The Labute approximate surface area is 115 Å². The summed E-state index contributed by atoms with van der Waals surface area (Å²) in [5.41, 5.74) is 1.67. The molecule has 2 amide bonds. The highest BCUT2D eigenvalue weighted by Crippen LogP contribution is 2.43. The van der Waals surface area contributed by atoms with Gasteiger partial charge in [-0.15, -0.1) is 0 Å². The van der Waals surface area contributed by atoms with Crippen molar-refractivity contribution in [3.8, 4) is 0 Å². The molecule has 1 saturated heterocycles. The zero-order chi connectivity index (χ0) is 13.3. The highest BCUT2D eigenvalue weighted by molar-refractivity contribution is 7.08. The zero-order valence-corrected chi connectivity index (χ0v) is 11.4. The van der Waals surface area contributed by atoms with Crippen molar-refractivity contribution in [3.05, 3.63) is 34.2 Å². The van der Waals surface area contributed by atoms with Crippen molar-refractivity contribution in [2.24, 2.45) is 5.41 Å². The molecule has 2 aliphatic rings. The maximum absolute atomic E-state index is 12.0. The third kappa shape index (κ3) is 2.30. The average Bonchev–Trinajstić information content (AvgIpc) is 3.05. The molecule has 1 atom stereocenters. The molecule has 4 nitrogen and oxygen atoms in total. The Kier molecular flexibility index (Phi) is 3.14. The molecule has 1 aliphatic heterocycles. The van der Waals surface area contributed by atoms with E-state index >= 15 is 0 Å². The largest absolute Gasteiger partial charge is 0.351 e. The number of hydrogen-bond donors (Lipinski definition) is 2. The Hall–Kier alpha value is -1.62. The number of piperidine rings is 1. The smallest absolute Gasteiger partial charge is 0.252 e. The van der Waals surface area contributed by atoms with Crippen LogP contribution >= 0.6 is 11.3 Å². The maximum atomic E-state index is 12.0. The number of thiophene rings is 1. The van der Waals surface area contributed by atoms with Gasteiger partial charge in [0, 0.05) is 35.0 Å². The SMILES string of the molecule is O=C1CCC2(CNC(=O)c3ccsc3)CCC=C2N1. The van der Waals surface area contributed by atoms with Crippen LogP contribution in [-0.4, -0.2) is 18.4 Å². The first kappa shape index (κ1) is 12.4. The van der Waals surface area contributed by atoms with E-state index in [1.165, 1.54) is 11.3 Å². The molecule has 1 fully saturated rings. The Morgan fingerprint density at radius 2 is 2.37 bits per heavy atom. The number of allylic oxidation sites excluding steroid dienone is 1. The number of rotatable bonds is 3. The fourth-order valence-corrected chi connectivity index (χ4v) is 3.51. The summed E-state index contributed by atoms with van der Waals surface area (Å²) in [6.07, 6.45) is 5.45. The number of hydrogen-bond acceptors (Lipinski definition) is 3. The molecule has 0 saturated carbocycles. The normalized spacial score (nSPS) is 25.5. The minimum absolute atomic E-state index is 0.0289. The van der Waals surface area contributed by atoms with Crippen molar-refractivity contribution >= 4 is 23.2 Å². The number of fused-ring (bicyclic) bond motifs is 1. The minimum Gasteiger partial charge on any atom is -0.351 e. The van der Waals surface area contributed by atoms with E-state index < -0.39 is 0 Å². The molecule has 0 bridgehead atoms. The second kappa shape index (κ2) is 4.81. The van der Waals surface area contributed by atoms with Crippen molar-refractivity contribution in [3.63, 3.8) is 0 Å². The molecule has 0 aromatic carbocycles. The molecule has 2 heterocycles. The monoisotopic (exact) mass is 276 g/mol. The average molecular weight is 276 g/mol. The molecule has 5 heteroatoms. The number of carbonyl (C=O) groups excluding carboxylic acids is 2. The number of amides is 2. The Morgan fingerprint density at radius 1 is 1.47 bits per heavy atom. The molecular formula is C14H16N2O2S. The number of carbonyl (C=O) groups is 2. The molecule has 100 valence electrons. The van der Waals surface area contributed by atoms with Gasteiger partial charge in [-0.1, -0.05) is 6.08 Å². The van der Waals surface area contributed by atoms with Crippen LogP contribution in [0.15, 0.2) is 28.6 Å². The van der Waals surface area contributed by atoms with Gasteiger partial charge >= 0.3 is 0 Å². The molecule has 1 unspecified atom stereocenters. The van der Waals surface area contributed by atoms with Crippen LogP contribution in [0.25, 0.3) is 0 Å². The molecular weight excluding hydrogens is 260 g/mol. The van der Waals surface area contributed by atoms with Crippen LogP contribution in [0.4, 0.5) is 0 Å². The first-order valence-electron chi connectivity index (χ1n) is 6.51. The highest BCUT2D eigenvalue weighted by Gasteiger charge is 2.41. The van der Waals surface area contributed by atoms with Gasteiger partial charge in [0.2, 0.25) is 5.91 Å². The first-order chi connectivity index (χ1) is 9.20. The Morgan fingerprint density at radius 3 is 3.16 bits per heavy atom. The van der Waals surface area contributed by atoms with Crippen LogP contribution in [0.3, 0.4) is 0 Å². The fraction of sp³-hybridized carbons (Fsp3) is 0.429. The molecule has 1 aromatic heterocycles. The Bertz CT molecular complexity index is 536. The van der Waals surface area contributed by atoms with Crippen LogP contribution in [0.1, 0.15) is 36.0 Å². The lowest BCUT2D eigenvalue weighted by atomic mass is 9.77. The van der Waals surface area contributed by atoms with E-state index in [9.17, 15) is 9.59 Å². The summed E-state index contributed by atoms with van der Waals surface area (Å²) in [5.74, 6) is 0.0618. The molecule has 1 aliphatic carbocycles. The van der Waals surface area contributed by atoms with Crippen LogP contribution in [0.5, 0.6) is 0 Å². The van der Waals surface area contributed by atoms with E-state index in [0.29, 0.717) is 18.5 Å². The zero-order valence-electron chi connectivity index (χ0n) is 10.6. The Balaban J connectivity index is 1.67. The van der Waals surface area contributed by atoms with E-state index in [1.807, 2.05) is 16.8 Å². The van der Waals surface area contributed by atoms with Gasteiger partial charge in [0.15, 0.2) is 0 Å². The first-order valence-corrected chi connectivity index (χ1v) is 7.45. The van der Waals surface area contributed by atoms with Gasteiger partial charge < -0.3 is 10.6 Å². The molecule has 0 radical (unpaired) electrons. The van der Waals surface area contributed by atoms with Crippen molar-refractivity contribution < 1.29 is 9.59 Å². The molecule has 19 heavy (non-hydrogen) atoms. The summed E-state index contributed by atoms with van der Waals surface area (Å²) < 4.78 is 0. The highest BCUT2D eigenvalue weighted by atomic mass is 32.1. The third-order valence-electron chi connectivity index (χ3n) is 4.02. The summed E-state index contributed by atoms with van der Waals surface area (Å²) in [6.45, 7) is 0.605. The molecule has 1 aromatic rings. The van der Waals surface area contributed by atoms with Crippen molar-refractivity contribution in [2.45, 2.75) is 25.7 Å². The van der Waals surface area contributed by atoms with Gasteiger partial charge in [-0.05, 0) is 30.7 Å². The van der Waals surface area contributed by atoms with E-state index in [4.69, 9.17) is 0 Å². The van der Waals surface area contributed by atoms with Gasteiger partial charge in [-0.2, -0.15) is 11.3 Å². The second-order valence-corrected chi connectivity index (χ2v) is 5.96. The van der Waals surface area contributed by atoms with E-state index in [1.54, 1.807) is 0 Å². The summed E-state index contributed by atoms with van der Waals surface area (Å²) in [5, 5.41) is 9.70. The van der Waals surface area contributed by atoms with Crippen molar-refractivity contribution in [2.75, 3.05) is 6.54 Å². The predicted molar refractivity (Wildman–Crippen MR) is 73.8 cm³/mol. The fourth-order valence-electron chi connectivity index (χ4n) is 2.87. The summed E-state index contributed by atoms with van der Waals surface area (Å²) >= 11 is 1.52. The van der Waals surface area contributed by atoms with Gasteiger partial charge in [0.1, 0.15) is 0 Å². The molecule has 3 rings (SSSR count). The van der Waals surface area contributed by atoms with E-state index in [0.717, 1.165) is 25.0 Å².